The normalized spacial score (nSPS) is 28.2. The summed E-state index contributed by atoms with van der Waals surface area (Å²) in [6.45, 7) is 1.67. The topological polar surface area (TPSA) is 87.8 Å². The fourth-order valence-corrected chi connectivity index (χ4v) is 3.21. The van der Waals surface area contributed by atoms with Gasteiger partial charge in [-0.05, 0) is 25.7 Å². The first kappa shape index (κ1) is 14.7. The van der Waals surface area contributed by atoms with E-state index in [-0.39, 0.29) is 18.6 Å². The number of nitrogens with zero attached hydrogens (tertiary/aromatic N) is 1. The van der Waals surface area contributed by atoms with E-state index >= 15 is 0 Å². The molecule has 2 atom stereocenters. The van der Waals surface area contributed by atoms with Crippen LogP contribution in [0.25, 0.3) is 0 Å². The number of aliphatic hydroxyl groups is 1. The second-order valence-electron chi connectivity index (χ2n) is 5.49. The number of hydrogen-bond acceptors (Lipinski definition) is 5. The molecule has 1 heterocycles. The summed E-state index contributed by atoms with van der Waals surface area (Å²) in [6.07, 6.45) is 6.24. The summed E-state index contributed by atoms with van der Waals surface area (Å²) in [4.78, 5) is 13.7. The predicted molar refractivity (Wildman–Crippen MR) is 71.1 cm³/mol. The smallest absolute Gasteiger partial charge is 0.263 e. The largest absolute Gasteiger partial charge is 0.395 e. The predicted octanol–water partition coefficient (Wildman–Crippen LogP) is -0.239. The van der Waals surface area contributed by atoms with E-state index in [2.05, 4.69) is 10.3 Å². The lowest BCUT2D eigenvalue weighted by atomic mass is 10.1. The number of nitrogens with two attached hydrogens (primary N) is 1. The number of nitrogens with one attached hydrogen (secondary N) is 1. The Morgan fingerprint density at radius 2 is 2.05 bits per heavy atom. The molecule has 2 rings (SSSR count). The van der Waals surface area contributed by atoms with Crippen molar-refractivity contribution in [1.29, 1.82) is 0 Å². The van der Waals surface area contributed by atoms with Crippen LogP contribution in [-0.2, 0) is 9.53 Å². The zero-order valence-electron chi connectivity index (χ0n) is 11.4. The number of carbonyl (C=O) groups excluding carboxylic acids is 1. The van der Waals surface area contributed by atoms with Crippen LogP contribution in [0.1, 0.15) is 38.5 Å². The highest BCUT2D eigenvalue weighted by molar-refractivity contribution is 5.80. The van der Waals surface area contributed by atoms with Crippen molar-refractivity contribution in [3.63, 3.8) is 0 Å². The number of hydrogen-bond donors (Lipinski definition) is 3. The molecular formula is C13H25N3O3. The van der Waals surface area contributed by atoms with E-state index in [1.807, 2.05) is 0 Å². The van der Waals surface area contributed by atoms with Gasteiger partial charge in [0, 0.05) is 19.1 Å². The molecule has 6 heteroatoms. The molecule has 1 saturated carbocycles. The molecular weight excluding hydrogens is 246 g/mol. The van der Waals surface area contributed by atoms with Crippen LogP contribution in [0.15, 0.2) is 0 Å². The lowest BCUT2D eigenvalue weighted by Gasteiger charge is -2.30. The summed E-state index contributed by atoms with van der Waals surface area (Å²) in [5.74, 6) is 4.88. The van der Waals surface area contributed by atoms with Gasteiger partial charge in [-0.1, -0.05) is 12.8 Å². The Morgan fingerprint density at radius 1 is 1.32 bits per heavy atom. The van der Waals surface area contributed by atoms with Gasteiger partial charge in [-0.2, -0.15) is 0 Å². The van der Waals surface area contributed by atoms with E-state index in [0.717, 1.165) is 19.4 Å². The zero-order valence-corrected chi connectivity index (χ0v) is 11.4. The van der Waals surface area contributed by atoms with Crippen LogP contribution in [0.4, 0.5) is 0 Å². The zero-order chi connectivity index (χ0) is 13.7. The first-order chi connectivity index (χ1) is 9.24. The second kappa shape index (κ2) is 7.19. The summed E-state index contributed by atoms with van der Waals surface area (Å²) < 4.78 is 5.74. The maximum Gasteiger partial charge on any atom is 0.263 e. The monoisotopic (exact) mass is 271 g/mol. The Kier molecular flexibility index (Phi) is 5.57. The van der Waals surface area contributed by atoms with Crippen molar-refractivity contribution in [1.82, 2.24) is 10.3 Å². The lowest BCUT2D eigenvalue weighted by molar-refractivity contribution is -0.132. The Balaban J connectivity index is 1.82. The van der Waals surface area contributed by atoms with Crippen molar-refractivity contribution in [2.45, 2.75) is 56.8 Å². The standard InChI is InChI=1S/C13H25N3O3/c14-15-13(18)12-6-5-11(19-12)9-16(7-8-17)10-3-1-2-4-10/h10-12,17H,1-9,14H2,(H,15,18). The molecule has 0 aromatic rings. The Morgan fingerprint density at radius 3 is 2.68 bits per heavy atom. The summed E-state index contributed by atoms with van der Waals surface area (Å²) in [7, 11) is 0. The van der Waals surface area contributed by atoms with Crippen LogP contribution < -0.4 is 11.3 Å². The fraction of sp³-hybridized carbons (Fsp3) is 0.923. The highest BCUT2D eigenvalue weighted by atomic mass is 16.5. The molecule has 19 heavy (non-hydrogen) atoms. The minimum Gasteiger partial charge on any atom is -0.395 e. The average Bonchev–Trinajstić information content (AvgIpc) is 3.08. The molecule has 1 saturated heterocycles. The van der Waals surface area contributed by atoms with Crippen molar-refractivity contribution in [2.75, 3.05) is 19.7 Å². The molecule has 0 spiro atoms. The van der Waals surface area contributed by atoms with E-state index in [0.29, 0.717) is 12.6 Å². The van der Waals surface area contributed by atoms with E-state index in [4.69, 9.17) is 10.6 Å². The van der Waals surface area contributed by atoms with Crippen molar-refractivity contribution in [2.24, 2.45) is 5.84 Å². The van der Waals surface area contributed by atoms with Crippen LogP contribution in [0.5, 0.6) is 0 Å². The van der Waals surface area contributed by atoms with Gasteiger partial charge in [-0.25, -0.2) is 5.84 Å². The third-order valence-corrected chi connectivity index (χ3v) is 4.21. The minimum atomic E-state index is -0.408. The molecule has 2 unspecified atom stereocenters. The summed E-state index contributed by atoms with van der Waals surface area (Å²) in [5, 5.41) is 9.19. The molecule has 1 aliphatic carbocycles. The molecule has 4 N–H and O–H groups in total. The number of aliphatic hydroxyl groups excluding tert-OH is 1. The summed E-state index contributed by atoms with van der Waals surface area (Å²) in [6, 6.07) is 0.568. The van der Waals surface area contributed by atoms with Gasteiger partial charge in [0.2, 0.25) is 0 Å². The van der Waals surface area contributed by atoms with Crippen LogP contribution in [0.2, 0.25) is 0 Å². The Bertz CT molecular complexity index is 295. The number of carbonyl (C=O) groups is 1. The SMILES string of the molecule is NNC(=O)C1CCC(CN(CCO)C2CCCC2)O1. The van der Waals surface area contributed by atoms with Gasteiger partial charge in [-0.15, -0.1) is 0 Å². The molecule has 2 fully saturated rings. The quantitative estimate of drug-likeness (QED) is 0.352. The highest BCUT2D eigenvalue weighted by Crippen LogP contribution is 2.26. The molecule has 2 aliphatic rings. The molecule has 0 aromatic heterocycles. The van der Waals surface area contributed by atoms with Gasteiger partial charge in [0.1, 0.15) is 6.10 Å². The van der Waals surface area contributed by atoms with E-state index in [1.165, 1.54) is 25.7 Å². The molecule has 6 nitrogen and oxygen atoms in total. The molecule has 0 aromatic carbocycles. The van der Waals surface area contributed by atoms with Gasteiger partial charge in [-0.3, -0.25) is 15.1 Å². The first-order valence-electron chi connectivity index (χ1n) is 7.25. The first-order valence-corrected chi connectivity index (χ1v) is 7.25. The number of hydrazine groups is 1. The maximum absolute atomic E-state index is 11.4. The van der Waals surface area contributed by atoms with Gasteiger partial charge < -0.3 is 9.84 Å². The number of amides is 1. The fourth-order valence-electron chi connectivity index (χ4n) is 3.21. The summed E-state index contributed by atoms with van der Waals surface area (Å²) >= 11 is 0. The van der Waals surface area contributed by atoms with E-state index in [9.17, 15) is 9.90 Å². The van der Waals surface area contributed by atoms with Crippen molar-refractivity contribution in [3.8, 4) is 0 Å². The lowest BCUT2D eigenvalue weighted by Crippen LogP contribution is -2.42. The summed E-state index contributed by atoms with van der Waals surface area (Å²) in [5.41, 5.74) is 2.14. The molecule has 110 valence electrons. The Labute approximate surface area is 114 Å². The van der Waals surface area contributed by atoms with Crippen molar-refractivity contribution < 1.29 is 14.6 Å². The number of rotatable bonds is 6. The van der Waals surface area contributed by atoms with Gasteiger partial charge in [0.15, 0.2) is 0 Å². The third kappa shape index (κ3) is 3.89. The third-order valence-electron chi connectivity index (χ3n) is 4.21. The van der Waals surface area contributed by atoms with Crippen LogP contribution in [0, 0.1) is 0 Å². The van der Waals surface area contributed by atoms with Crippen LogP contribution in [0.3, 0.4) is 0 Å². The van der Waals surface area contributed by atoms with E-state index < -0.39 is 6.10 Å². The minimum absolute atomic E-state index is 0.0782. The maximum atomic E-state index is 11.4. The highest BCUT2D eigenvalue weighted by Gasteiger charge is 2.33. The van der Waals surface area contributed by atoms with Gasteiger partial charge in [0.25, 0.3) is 5.91 Å². The average molecular weight is 271 g/mol. The van der Waals surface area contributed by atoms with E-state index in [1.54, 1.807) is 0 Å². The molecule has 1 aliphatic heterocycles. The Hall–Kier alpha value is -0.690. The van der Waals surface area contributed by atoms with Gasteiger partial charge >= 0.3 is 0 Å². The number of ether oxygens (including phenoxy) is 1. The van der Waals surface area contributed by atoms with Crippen LogP contribution >= 0.6 is 0 Å². The van der Waals surface area contributed by atoms with Gasteiger partial charge in [0.05, 0.1) is 12.7 Å². The van der Waals surface area contributed by atoms with Crippen molar-refractivity contribution in [3.05, 3.63) is 0 Å². The molecule has 0 radical (unpaired) electrons. The molecule has 0 bridgehead atoms. The van der Waals surface area contributed by atoms with Crippen LogP contribution in [-0.4, -0.2) is 53.9 Å². The molecule has 1 amide bonds. The second-order valence-corrected chi connectivity index (χ2v) is 5.49. The van der Waals surface area contributed by atoms with Crippen molar-refractivity contribution >= 4 is 5.91 Å².